The zero-order chi connectivity index (χ0) is 20.4. The van der Waals surface area contributed by atoms with Crippen molar-refractivity contribution >= 4 is 45.3 Å². The van der Waals surface area contributed by atoms with E-state index in [1.165, 1.54) is 0 Å². The number of rotatable bonds is 5. The molecule has 3 aromatic carbocycles. The topological polar surface area (TPSA) is 79.3 Å². The van der Waals surface area contributed by atoms with Crippen LogP contribution in [0.1, 0.15) is 15.9 Å². The number of para-hydroxylation sites is 2. The number of carbonyl (C=O) groups excluding carboxylic acids is 1. The Morgan fingerprint density at radius 1 is 0.897 bits per heavy atom. The van der Waals surface area contributed by atoms with Crippen LogP contribution in [0.2, 0.25) is 5.02 Å². The molecule has 1 heterocycles. The Hall–Kier alpha value is -3.44. The molecule has 1 amide bonds. The molecule has 0 fully saturated rings. The maximum absolute atomic E-state index is 13.2. The first kappa shape index (κ1) is 18.9. The number of aromatic nitrogens is 1. The molecule has 0 aliphatic heterocycles. The van der Waals surface area contributed by atoms with Crippen LogP contribution in [0.3, 0.4) is 0 Å². The van der Waals surface area contributed by atoms with Crippen LogP contribution < -0.4 is 5.32 Å². The van der Waals surface area contributed by atoms with Gasteiger partial charge in [0.1, 0.15) is 6.04 Å². The van der Waals surface area contributed by atoms with E-state index in [1.807, 2.05) is 48.5 Å². The highest BCUT2D eigenvalue weighted by Gasteiger charge is 2.24. The van der Waals surface area contributed by atoms with E-state index in [2.05, 4.69) is 10.3 Å². The third kappa shape index (κ3) is 3.91. The molecule has 1 atom stereocenters. The number of hydrogen-bond acceptors (Lipinski definition) is 3. The summed E-state index contributed by atoms with van der Waals surface area (Å²) in [6.07, 6.45) is 0.152. The molecule has 4 aromatic rings. The number of carboxylic acids is 1. The maximum atomic E-state index is 13.2. The lowest BCUT2D eigenvalue weighted by atomic mass is 10.0. The summed E-state index contributed by atoms with van der Waals surface area (Å²) < 4.78 is 0. The van der Waals surface area contributed by atoms with Crippen LogP contribution in [-0.4, -0.2) is 28.0 Å². The molecule has 5 nitrogen and oxygen atoms in total. The number of halogens is 1. The first-order valence-electron chi connectivity index (χ1n) is 9.08. The van der Waals surface area contributed by atoms with Crippen LogP contribution in [0.15, 0.2) is 72.8 Å². The molecule has 0 saturated carbocycles. The van der Waals surface area contributed by atoms with Crippen LogP contribution in [0.5, 0.6) is 0 Å². The zero-order valence-corrected chi connectivity index (χ0v) is 16.1. The van der Waals surface area contributed by atoms with Crippen LogP contribution in [0, 0.1) is 0 Å². The molecule has 6 heteroatoms. The Bertz CT molecular complexity index is 1170. The third-order valence-corrected chi connectivity index (χ3v) is 5.02. The van der Waals surface area contributed by atoms with Gasteiger partial charge < -0.3 is 10.4 Å². The first-order chi connectivity index (χ1) is 14.0. The molecule has 2 N–H and O–H groups in total. The van der Waals surface area contributed by atoms with Gasteiger partial charge in [0.05, 0.1) is 16.6 Å². The van der Waals surface area contributed by atoms with Gasteiger partial charge in [-0.2, -0.15) is 0 Å². The van der Waals surface area contributed by atoms with Crippen LogP contribution in [0.4, 0.5) is 0 Å². The minimum Gasteiger partial charge on any atom is -0.480 e. The monoisotopic (exact) mass is 404 g/mol. The molecule has 0 radical (unpaired) electrons. The molecule has 0 saturated heterocycles. The summed E-state index contributed by atoms with van der Waals surface area (Å²) in [6, 6.07) is 20.5. The largest absolute Gasteiger partial charge is 0.480 e. The van der Waals surface area contributed by atoms with Crippen LogP contribution >= 0.6 is 11.6 Å². The van der Waals surface area contributed by atoms with Gasteiger partial charge in [0, 0.05) is 22.2 Å². The van der Waals surface area contributed by atoms with E-state index in [1.54, 1.807) is 24.3 Å². The Morgan fingerprint density at radius 3 is 2.00 bits per heavy atom. The lowest BCUT2D eigenvalue weighted by Crippen LogP contribution is -2.42. The number of nitrogens with one attached hydrogen (secondary N) is 1. The van der Waals surface area contributed by atoms with Gasteiger partial charge in [-0.1, -0.05) is 60.1 Å². The maximum Gasteiger partial charge on any atom is 0.326 e. The number of hydrogen-bond donors (Lipinski definition) is 2. The SMILES string of the molecule is O=C(N[C@H](Cc1ccc(Cl)cc1)C(=O)O)c1c2ccccc2nc2ccccc12. The summed E-state index contributed by atoms with van der Waals surface area (Å²) in [5.74, 6) is -1.54. The second kappa shape index (κ2) is 7.89. The standard InChI is InChI=1S/C23H17ClN2O3/c24-15-11-9-14(10-12-15)13-20(23(28)29)26-22(27)21-16-5-1-3-7-18(16)25-19-8-4-2-6-17(19)21/h1-12,20H,13H2,(H,26,27)(H,28,29)/t20-/m1/s1. The minimum absolute atomic E-state index is 0.152. The summed E-state index contributed by atoms with van der Waals surface area (Å²) in [6.45, 7) is 0. The number of nitrogens with zero attached hydrogens (tertiary/aromatic N) is 1. The van der Waals surface area contributed by atoms with E-state index in [0.29, 0.717) is 32.4 Å². The number of carbonyl (C=O) groups is 2. The summed E-state index contributed by atoms with van der Waals surface area (Å²) >= 11 is 5.89. The van der Waals surface area contributed by atoms with Crippen molar-refractivity contribution in [2.75, 3.05) is 0 Å². The minimum atomic E-state index is -1.10. The van der Waals surface area contributed by atoms with Gasteiger partial charge in [-0.3, -0.25) is 4.79 Å². The predicted molar refractivity (Wildman–Crippen MR) is 113 cm³/mol. The Balaban J connectivity index is 1.73. The first-order valence-corrected chi connectivity index (χ1v) is 9.46. The molecule has 0 bridgehead atoms. The van der Waals surface area contributed by atoms with Crippen molar-refractivity contribution < 1.29 is 14.7 Å². The summed E-state index contributed by atoms with van der Waals surface area (Å²) in [7, 11) is 0. The van der Waals surface area contributed by atoms with E-state index in [9.17, 15) is 14.7 Å². The lowest BCUT2D eigenvalue weighted by molar-refractivity contribution is -0.139. The quantitative estimate of drug-likeness (QED) is 0.481. The van der Waals surface area contributed by atoms with Crippen LogP contribution in [-0.2, 0) is 11.2 Å². The number of amides is 1. The van der Waals surface area contributed by atoms with Crippen molar-refractivity contribution in [2.45, 2.75) is 12.5 Å². The second-order valence-corrected chi connectivity index (χ2v) is 7.15. The van der Waals surface area contributed by atoms with E-state index < -0.39 is 17.9 Å². The molecular formula is C23H17ClN2O3. The van der Waals surface area contributed by atoms with Gasteiger partial charge in [-0.25, -0.2) is 9.78 Å². The molecule has 0 spiro atoms. The van der Waals surface area contributed by atoms with Gasteiger partial charge in [0.25, 0.3) is 5.91 Å². The number of benzene rings is 3. The third-order valence-electron chi connectivity index (χ3n) is 4.77. The van der Waals surface area contributed by atoms with Crippen molar-refractivity contribution in [3.8, 4) is 0 Å². The van der Waals surface area contributed by atoms with Gasteiger partial charge in [-0.15, -0.1) is 0 Å². The molecule has 0 aliphatic rings. The molecule has 1 aromatic heterocycles. The van der Waals surface area contributed by atoms with Gasteiger partial charge in [0.2, 0.25) is 0 Å². The van der Waals surface area contributed by atoms with Crippen molar-refractivity contribution in [1.29, 1.82) is 0 Å². The summed E-state index contributed by atoms with van der Waals surface area (Å²) in [5.41, 5.74) is 2.56. The fraction of sp³-hybridized carbons (Fsp3) is 0.0870. The Morgan fingerprint density at radius 2 is 1.45 bits per heavy atom. The predicted octanol–water partition coefficient (Wildman–Crippen LogP) is 4.47. The molecule has 144 valence electrons. The number of carboxylic acid groups (broad SMARTS) is 1. The van der Waals surface area contributed by atoms with Crippen molar-refractivity contribution in [3.63, 3.8) is 0 Å². The highest BCUT2D eigenvalue weighted by atomic mass is 35.5. The van der Waals surface area contributed by atoms with Crippen molar-refractivity contribution in [2.24, 2.45) is 0 Å². The fourth-order valence-corrected chi connectivity index (χ4v) is 3.50. The van der Waals surface area contributed by atoms with Crippen LogP contribution in [0.25, 0.3) is 21.8 Å². The van der Waals surface area contributed by atoms with Gasteiger partial charge in [-0.05, 0) is 29.8 Å². The summed E-state index contributed by atoms with van der Waals surface area (Å²) in [4.78, 5) is 29.6. The molecule has 0 unspecified atom stereocenters. The number of aliphatic carboxylic acids is 1. The highest BCUT2D eigenvalue weighted by molar-refractivity contribution is 6.30. The van der Waals surface area contributed by atoms with E-state index >= 15 is 0 Å². The lowest BCUT2D eigenvalue weighted by Gasteiger charge is -2.17. The molecule has 29 heavy (non-hydrogen) atoms. The van der Waals surface area contributed by atoms with Gasteiger partial charge >= 0.3 is 5.97 Å². The second-order valence-electron chi connectivity index (χ2n) is 6.72. The number of fused-ring (bicyclic) bond motifs is 2. The number of pyridine rings is 1. The van der Waals surface area contributed by atoms with Crippen molar-refractivity contribution in [1.82, 2.24) is 10.3 Å². The highest BCUT2D eigenvalue weighted by Crippen LogP contribution is 2.26. The fourth-order valence-electron chi connectivity index (χ4n) is 3.37. The normalized spacial score (nSPS) is 12.0. The Kier molecular flexibility index (Phi) is 5.14. The molecule has 0 aliphatic carbocycles. The zero-order valence-electron chi connectivity index (χ0n) is 15.3. The van der Waals surface area contributed by atoms with E-state index in [4.69, 9.17) is 11.6 Å². The van der Waals surface area contributed by atoms with Crippen molar-refractivity contribution in [3.05, 3.63) is 88.9 Å². The smallest absolute Gasteiger partial charge is 0.326 e. The molecular weight excluding hydrogens is 388 g/mol. The average Bonchev–Trinajstić information content (AvgIpc) is 2.72. The van der Waals surface area contributed by atoms with E-state index in [-0.39, 0.29) is 6.42 Å². The Labute approximate surface area is 172 Å². The summed E-state index contributed by atoms with van der Waals surface area (Å²) in [5, 5.41) is 14.3. The van der Waals surface area contributed by atoms with E-state index in [0.717, 1.165) is 5.56 Å². The molecule has 4 rings (SSSR count). The average molecular weight is 405 g/mol. The van der Waals surface area contributed by atoms with Gasteiger partial charge in [0.15, 0.2) is 0 Å².